The zero-order valence-corrected chi connectivity index (χ0v) is 10.1. The number of ether oxygens (including phenoxy) is 2. The molecule has 1 aromatic carbocycles. The second-order valence-corrected chi connectivity index (χ2v) is 4.86. The van der Waals surface area contributed by atoms with E-state index in [0.29, 0.717) is 12.5 Å². The Morgan fingerprint density at radius 1 is 1.33 bits per heavy atom. The quantitative estimate of drug-likeness (QED) is 0.763. The number of carbonyl (C=O) groups excluding carboxylic acids is 1. The fourth-order valence-corrected chi connectivity index (χ4v) is 2.63. The van der Waals surface area contributed by atoms with Crippen LogP contribution in [0.1, 0.15) is 18.4 Å². The molecule has 0 saturated carbocycles. The Hall–Kier alpha value is -1.45. The van der Waals surface area contributed by atoms with Crippen molar-refractivity contribution in [1.82, 2.24) is 0 Å². The van der Waals surface area contributed by atoms with Gasteiger partial charge in [-0.15, -0.1) is 0 Å². The summed E-state index contributed by atoms with van der Waals surface area (Å²) in [5.74, 6) is 0.353. The first-order valence-corrected chi connectivity index (χ1v) is 6.32. The summed E-state index contributed by atoms with van der Waals surface area (Å²) < 4.78 is 11.6. The minimum atomic E-state index is -0.135. The van der Waals surface area contributed by atoms with E-state index < -0.39 is 0 Å². The topological polar surface area (TPSA) is 35.5 Å². The van der Waals surface area contributed by atoms with Crippen LogP contribution in [0.3, 0.4) is 0 Å². The smallest absolute Gasteiger partial charge is 0.159 e. The van der Waals surface area contributed by atoms with Crippen molar-refractivity contribution in [3.05, 3.63) is 47.5 Å². The normalized spacial score (nSPS) is 30.0. The lowest BCUT2D eigenvalue weighted by atomic mass is 10.1. The van der Waals surface area contributed by atoms with Crippen molar-refractivity contribution in [3.8, 4) is 0 Å². The van der Waals surface area contributed by atoms with Crippen LogP contribution >= 0.6 is 0 Å². The summed E-state index contributed by atoms with van der Waals surface area (Å²) in [6.07, 6.45) is 4.56. The van der Waals surface area contributed by atoms with Crippen LogP contribution in [-0.2, 0) is 20.9 Å². The van der Waals surface area contributed by atoms with Gasteiger partial charge in [-0.1, -0.05) is 36.4 Å². The second-order valence-electron chi connectivity index (χ2n) is 4.86. The standard InChI is InChI=1S/C15H16O3/c16-9-12-6-13-8-15(18-14(13)7-12)17-10-11-4-2-1-3-5-11/h1-6,9,13-15H,7-8,10H2. The molecule has 0 bridgehead atoms. The van der Waals surface area contributed by atoms with Crippen molar-refractivity contribution in [3.63, 3.8) is 0 Å². The van der Waals surface area contributed by atoms with Gasteiger partial charge in [0.1, 0.15) is 6.29 Å². The van der Waals surface area contributed by atoms with Crippen molar-refractivity contribution in [2.45, 2.75) is 31.8 Å². The van der Waals surface area contributed by atoms with Gasteiger partial charge in [0.2, 0.25) is 0 Å². The molecule has 0 radical (unpaired) electrons. The summed E-state index contributed by atoms with van der Waals surface area (Å²) in [6, 6.07) is 10.1. The predicted octanol–water partition coefficient (Wildman–Crippen LogP) is 2.46. The van der Waals surface area contributed by atoms with Crippen LogP contribution in [0.25, 0.3) is 0 Å². The Morgan fingerprint density at radius 3 is 2.89 bits per heavy atom. The van der Waals surface area contributed by atoms with Crippen LogP contribution < -0.4 is 0 Å². The van der Waals surface area contributed by atoms with E-state index in [1.54, 1.807) is 0 Å². The van der Waals surface area contributed by atoms with Gasteiger partial charge in [-0.2, -0.15) is 0 Å². The number of hydrogen-bond donors (Lipinski definition) is 0. The van der Waals surface area contributed by atoms with Gasteiger partial charge in [0.15, 0.2) is 6.29 Å². The molecule has 3 atom stereocenters. The van der Waals surface area contributed by atoms with Gasteiger partial charge in [0.05, 0.1) is 12.7 Å². The second kappa shape index (κ2) is 5.04. The molecule has 3 nitrogen and oxygen atoms in total. The Morgan fingerprint density at radius 2 is 2.17 bits per heavy atom. The molecular weight excluding hydrogens is 228 g/mol. The third kappa shape index (κ3) is 2.37. The molecule has 2 aliphatic rings. The van der Waals surface area contributed by atoms with E-state index in [0.717, 1.165) is 30.3 Å². The van der Waals surface area contributed by atoms with Crippen molar-refractivity contribution in [2.24, 2.45) is 5.92 Å². The van der Waals surface area contributed by atoms with Gasteiger partial charge >= 0.3 is 0 Å². The van der Waals surface area contributed by atoms with Gasteiger partial charge in [0.25, 0.3) is 0 Å². The van der Waals surface area contributed by atoms with Crippen molar-refractivity contribution in [1.29, 1.82) is 0 Å². The molecule has 3 unspecified atom stereocenters. The van der Waals surface area contributed by atoms with Crippen LogP contribution in [0.15, 0.2) is 42.0 Å². The van der Waals surface area contributed by atoms with Gasteiger partial charge in [-0.25, -0.2) is 0 Å². The number of hydrogen-bond acceptors (Lipinski definition) is 3. The lowest BCUT2D eigenvalue weighted by molar-refractivity contribution is -0.140. The number of fused-ring (bicyclic) bond motifs is 1. The lowest BCUT2D eigenvalue weighted by Crippen LogP contribution is -2.14. The maximum absolute atomic E-state index is 10.7. The van der Waals surface area contributed by atoms with Crippen molar-refractivity contribution in [2.75, 3.05) is 0 Å². The molecule has 0 N–H and O–H groups in total. The Balaban J connectivity index is 1.52. The molecule has 18 heavy (non-hydrogen) atoms. The highest BCUT2D eigenvalue weighted by Gasteiger charge is 2.38. The Bertz CT molecular complexity index is 452. The highest BCUT2D eigenvalue weighted by atomic mass is 16.7. The summed E-state index contributed by atoms with van der Waals surface area (Å²) in [5, 5.41) is 0. The fraction of sp³-hybridized carbons (Fsp3) is 0.400. The minimum absolute atomic E-state index is 0.135. The van der Waals surface area contributed by atoms with E-state index in [1.807, 2.05) is 36.4 Å². The van der Waals surface area contributed by atoms with Crippen LogP contribution in [0.2, 0.25) is 0 Å². The molecule has 1 aromatic rings. The summed E-state index contributed by atoms with van der Waals surface area (Å²) >= 11 is 0. The molecule has 94 valence electrons. The molecule has 1 aliphatic carbocycles. The monoisotopic (exact) mass is 244 g/mol. The van der Waals surface area contributed by atoms with Crippen LogP contribution in [0.5, 0.6) is 0 Å². The number of benzene rings is 1. The van der Waals surface area contributed by atoms with E-state index in [2.05, 4.69) is 0 Å². The maximum Gasteiger partial charge on any atom is 0.159 e. The molecule has 1 aliphatic heterocycles. The van der Waals surface area contributed by atoms with E-state index >= 15 is 0 Å². The first kappa shape index (κ1) is 11.6. The van der Waals surface area contributed by atoms with Crippen LogP contribution in [-0.4, -0.2) is 18.7 Å². The molecule has 1 fully saturated rings. The molecule has 0 spiro atoms. The van der Waals surface area contributed by atoms with Gasteiger partial charge in [-0.3, -0.25) is 4.79 Å². The first-order chi connectivity index (χ1) is 8.85. The summed E-state index contributed by atoms with van der Waals surface area (Å²) in [5.41, 5.74) is 2.02. The van der Waals surface area contributed by atoms with Crippen LogP contribution in [0, 0.1) is 5.92 Å². The molecule has 0 aromatic heterocycles. The number of carbonyl (C=O) groups is 1. The van der Waals surface area contributed by atoms with Crippen molar-refractivity contribution < 1.29 is 14.3 Å². The fourth-order valence-electron chi connectivity index (χ4n) is 2.63. The third-order valence-corrected chi connectivity index (χ3v) is 3.56. The lowest BCUT2D eigenvalue weighted by Gasteiger charge is -2.13. The number of aldehydes is 1. The first-order valence-electron chi connectivity index (χ1n) is 6.32. The molecule has 3 heteroatoms. The largest absolute Gasteiger partial charge is 0.348 e. The average molecular weight is 244 g/mol. The van der Waals surface area contributed by atoms with Gasteiger partial charge in [0, 0.05) is 18.8 Å². The zero-order valence-electron chi connectivity index (χ0n) is 10.1. The molecule has 1 heterocycles. The molecular formula is C15H16O3. The number of rotatable bonds is 4. The predicted molar refractivity (Wildman–Crippen MR) is 66.8 cm³/mol. The van der Waals surface area contributed by atoms with Gasteiger partial charge < -0.3 is 9.47 Å². The summed E-state index contributed by atoms with van der Waals surface area (Å²) in [6.45, 7) is 0.579. The van der Waals surface area contributed by atoms with Gasteiger partial charge in [-0.05, 0) is 11.1 Å². The minimum Gasteiger partial charge on any atom is -0.348 e. The van der Waals surface area contributed by atoms with E-state index in [1.165, 1.54) is 0 Å². The summed E-state index contributed by atoms with van der Waals surface area (Å²) in [7, 11) is 0. The van der Waals surface area contributed by atoms with E-state index in [9.17, 15) is 4.79 Å². The SMILES string of the molecule is O=CC1=CC2CC(OCc3ccccc3)OC2C1. The molecule has 3 rings (SSSR count). The highest BCUT2D eigenvalue weighted by molar-refractivity contribution is 5.74. The van der Waals surface area contributed by atoms with Crippen molar-refractivity contribution >= 4 is 6.29 Å². The third-order valence-electron chi connectivity index (χ3n) is 3.56. The molecule has 1 saturated heterocycles. The van der Waals surface area contributed by atoms with E-state index in [-0.39, 0.29) is 12.4 Å². The summed E-state index contributed by atoms with van der Waals surface area (Å²) in [4.78, 5) is 10.7. The average Bonchev–Trinajstić information content (AvgIpc) is 2.95. The molecule has 0 amide bonds. The maximum atomic E-state index is 10.7. The highest BCUT2D eigenvalue weighted by Crippen LogP contribution is 2.37. The van der Waals surface area contributed by atoms with E-state index in [4.69, 9.17) is 9.47 Å². The zero-order chi connectivity index (χ0) is 12.4. The Labute approximate surface area is 106 Å². The Kier molecular flexibility index (Phi) is 3.26. The van der Waals surface area contributed by atoms with Crippen LogP contribution in [0.4, 0.5) is 0 Å².